The SMILES string of the molecule is Cc1cc(NC(=O)Cc2nc(-c3ccccc3)oc2C)n(Cc2ccccc2)n1. The van der Waals surface area contributed by atoms with Crippen LogP contribution in [0, 0.1) is 13.8 Å². The monoisotopic (exact) mass is 386 g/mol. The van der Waals surface area contributed by atoms with E-state index in [1.165, 1.54) is 0 Å². The van der Waals surface area contributed by atoms with Gasteiger partial charge < -0.3 is 9.73 Å². The molecule has 0 saturated carbocycles. The highest BCUT2D eigenvalue weighted by atomic mass is 16.4. The predicted molar refractivity (Wildman–Crippen MR) is 112 cm³/mol. The molecule has 0 saturated heterocycles. The van der Waals surface area contributed by atoms with Crippen molar-refractivity contribution in [1.82, 2.24) is 14.8 Å². The van der Waals surface area contributed by atoms with E-state index in [0.29, 0.717) is 29.7 Å². The Morgan fingerprint density at radius 3 is 2.45 bits per heavy atom. The van der Waals surface area contributed by atoms with Crippen LogP contribution in [0.1, 0.15) is 22.7 Å². The first-order valence-corrected chi connectivity index (χ1v) is 9.48. The Labute approximate surface area is 169 Å². The maximum Gasteiger partial charge on any atom is 0.231 e. The maximum absolute atomic E-state index is 12.7. The molecule has 4 aromatic rings. The van der Waals surface area contributed by atoms with Crippen molar-refractivity contribution in [3.8, 4) is 11.5 Å². The summed E-state index contributed by atoms with van der Waals surface area (Å²) in [4.78, 5) is 17.2. The summed E-state index contributed by atoms with van der Waals surface area (Å²) < 4.78 is 7.55. The minimum absolute atomic E-state index is 0.137. The molecule has 29 heavy (non-hydrogen) atoms. The molecular weight excluding hydrogens is 364 g/mol. The molecule has 1 N–H and O–H groups in total. The van der Waals surface area contributed by atoms with Gasteiger partial charge in [-0.2, -0.15) is 5.10 Å². The molecule has 2 heterocycles. The highest BCUT2D eigenvalue weighted by molar-refractivity contribution is 5.91. The average molecular weight is 386 g/mol. The minimum atomic E-state index is -0.157. The highest BCUT2D eigenvalue weighted by Crippen LogP contribution is 2.22. The number of nitrogens with zero attached hydrogens (tertiary/aromatic N) is 3. The largest absolute Gasteiger partial charge is 0.441 e. The Bertz CT molecular complexity index is 1110. The van der Waals surface area contributed by atoms with Crippen molar-refractivity contribution in [3.05, 3.63) is 89.4 Å². The Balaban J connectivity index is 1.48. The number of anilines is 1. The van der Waals surface area contributed by atoms with Gasteiger partial charge in [-0.15, -0.1) is 0 Å². The lowest BCUT2D eigenvalue weighted by atomic mass is 10.2. The molecular formula is C23H22N4O2. The molecule has 0 spiro atoms. The molecule has 146 valence electrons. The fourth-order valence-corrected chi connectivity index (χ4v) is 3.16. The van der Waals surface area contributed by atoms with Crippen molar-refractivity contribution < 1.29 is 9.21 Å². The number of hydrogen-bond donors (Lipinski definition) is 1. The van der Waals surface area contributed by atoms with E-state index in [9.17, 15) is 4.79 Å². The standard InChI is InChI=1S/C23H22N4O2/c1-16-13-21(27(26-16)15-18-9-5-3-6-10-18)25-22(28)14-20-17(2)29-23(24-20)19-11-7-4-8-12-19/h3-13H,14-15H2,1-2H3,(H,25,28). The summed E-state index contributed by atoms with van der Waals surface area (Å²) in [5, 5.41) is 7.45. The van der Waals surface area contributed by atoms with Crippen molar-refractivity contribution in [1.29, 1.82) is 0 Å². The number of rotatable bonds is 6. The number of aromatic nitrogens is 3. The lowest BCUT2D eigenvalue weighted by Crippen LogP contribution is -2.18. The van der Waals surface area contributed by atoms with E-state index in [-0.39, 0.29) is 12.3 Å². The summed E-state index contributed by atoms with van der Waals surface area (Å²) in [5.74, 6) is 1.68. The first-order chi connectivity index (χ1) is 14.1. The fraction of sp³-hybridized carbons (Fsp3) is 0.174. The summed E-state index contributed by atoms with van der Waals surface area (Å²) in [7, 11) is 0. The van der Waals surface area contributed by atoms with E-state index in [1.54, 1.807) is 4.68 Å². The first-order valence-electron chi connectivity index (χ1n) is 9.48. The van der Waals surface area contributed by atoms with Crippen molar-refractivity contribution in [2.24, 2.45) is 0 Å². The van der Waals surface area contributed by atoms with Crippen LogP contribution >= 0.6 is 0 Å². The van der Waals surface area contributed by atoms with Gasteiger partial charge in [-0.25, -0.2) is 9.67 Å². The quantitative estimate of drug-likeness (QED) is 0.534. The van der Waals surface area contributed by atoms with Gasteiger partial charge in [0.2, 0.25) is 11.8 Å². The molecule has 0 unspecified atom stereocenters. The molecule has 1 amide bonds. The van der Waals surface area contributed by atoms with Gasteiger partial charge >= 0.3 is 0 Å². The van der Waals surface area contributed by atoms with E-state index in [2.05, 4.69) is 15.4 Å². The lowest BCUT2D eigenvalue weighted by Gasteiger charge is -2.08. The van der Waals surface area contributed by atoms with E-state index in [1.807, 2.05) is 80.6 Å². The fourth-order valence-electron chi connectivity index (χ4n) is 3.16. The van der Waals surface area contributed by atoms with Crippen LogP contribution in [-0.2, 0) is 17.8 Å². The summed E-state index contributed by atoms with van der Waals surface area (Å²) in [6, 6.07) is 21.5. The zero-order valence-corrected chi connectivity index (χ0v) is 16.4. The van der Waals surface area contributed by atoms with Gasteiger partial charge in [0.25, 0.3) is 0 Å². The first kappa shape index (κ1) is 18.7. The normalized spacial score (nSPS) is 10.8. The summed E-state index contributed by atoms with van der Waals surface area (Å²) in [6.07, 6.45) is 0.137. The molecule has 2 aromatic carbocycles. The lowest BCUT2D eigenvalue weighted by molar-refractivity contribution is -0.115. The van der Waals surface area contributed by atoms with E-state index >= 15 is 0 Å². The molecule has 0 atom stereocenters. The van der Waals surface area contributed by atoms with Gasteiger partial charge in [-0.05, 0) is 31.5 Å². The molecule has 0 aliphatic rings. The van der Waals surface area contributed by atoms with Crippen LogP contribution in [0.3, 0.4) is 0 Å². The molecule has 0 radical (unpaired) electrons. The van der Waals surface area contributed by atoms with Crippen LogP contribution in [0.25, 0.3) is 11.5 Å². The highest BCUT2D eigenvalue weighted by Gasteiger charge is 2.16. The third-order valence-electron chi connectivity index (χ3n) is 4.59. The second-order valence-electron chi connectivity index (χ2n) is 6.93. The van der Waals surface area contributed by atoms with Crippen molar-refractivity contribution >= 4 is 11.7 Å². The average Bonchev–Trinajstić information content (AvgIpc) is 3.25. The molecule has 4 rings (SSSR count). The zero-order chi connectivity index (χ0) is 20.2. The second-order valence-corrected chi connectivity index (χ2v) is 6.93. The van der Waals surface area contributed by atoms with Gasteiger partial charge in [0.1, 0.15) is 11.6 Å². The summed E-state index contributed by atoms with van der Waals surface area (Å²) in [6.45, 7) is 4.32. The van der Waals surface area contributed by atoms with Crippen LogP contribution in [0.5, 0.6) is 0 Å². The molecule has 2 aromatic heterocycles. The van der Waals surface area contributed by atoms with E-state index in [4.69, 9.17) is 4.42 Å². The molecule has 0 aliphatic carbocycles. The van der Waals surface area contributed by atoms with Gasteiger partial charge in [-0.3, -0.25) is 4.79 Å². The second kappa shape index (κ2) is 8.14. The smallest absolute Gasteiger partial charge is 0.231 e. The Hall–Kier alpha value is -3.67. The zero-order valence-electron chi connectivity index (χ0n) is 16.4. The van der Waals surface area contributed by atoms with Crippen LogP contribution in [-0.4, -0.2) is 20.7 Å². The molecule has 0 bridgehead atoms. The van der Waals surface area contributed by atoms with Crippen LogP contribution < -0.4 is 5.32 Å². The number of benzene rings is 2. The molecule has 0 aliphatic heterocycles. The summed E-state index contributed by atoms with van der Waals surface area (Å²) >= 11 is 0. The minimum Gasteiger partial charge on any atom is -0.441 e. The number of aryl methyl sites for hydroxylation is 2. The number of carbonyl (C=O) groups excluding carboxylic acids is 1. The van der Waals surface area contributed by atoms with Crippen LogP contribution in [0.15, 0.2) is 71.1 Å². The summed E-state index contributed by atoms with van der Waals surface area (Å²) in [5.41, 5.74) is 3.48. The third-order valence-corrected chi connectivity index (χ3v) is 4.59. The van der Waals surface area contributed by atoms with E-state index < -0.39 is 0 Å². The number of hydrogen-bond acceptors (Lipinski definition) is 4. The number of amides is 1. The van der Waals surface area contributed by atoms with Gasteiger partial charge in [0.05, 0.1) is 24.4 Å². The number of oxazole rings is 1. The third kappa shape index (κ3) is 4.43. The van der Waals surface area contributed by atoms with Crippen molar-refractivity contribution in [2.45, 2.75) is 26.8 Å². The van der Waals surface area contributed by atoms with Gasteiger partial charge in [0, 0.05) is 11.6 Å². The Morgan fingerprint density at radius 1 is 1.03 bits per heavy atom. The van der Waals surface area contributed by atoms with Crippen molar-refractivity contribution in [3.63, 3.8) is 0 Å². The van der Waals surface area contributed by atoms with Crippen molar-refractivity contribution in [2.75, 3.05) is 5.32 Å². The van der Waals surface area contributed by atoms with Gasteiger partial charge in [0.15, 0.2) is 0 Å². The number of carbonyl (C=O) groups is 1. The van der Waals surface area contributed by atoms with Crippen LogP contribution in [0.2, 0.25) is 0 Å². The van der Waals surface area contributed by atoms with E-state index in [0.717, 1.165) is 16.8 Å². The topological polar surface area (TPSA) is 73.0 Å². The molecule has 6 heteroatoms. The number of nitrogens with one attached hydrogen (secondary N) is 1. The maximum atomic E-state index is 12.7. The van der Waals surface area contributed by atoms with Gasteiger partial charge in [-0.1, -0.05) is 48.5 Å². The Morgan fingerprint density at radius 2 is 1.72 bits per heavy atom. The predicted octanol–water partition coefficient (Wildman–Crippen LogP) is 4.38. The molecule has 6 nitrogen and oxygen atoms in total. The molecule has 0 fully saturated rings. The Kier molecular flexibility index (Phi) is 5.24. The van der Waals surface area contributed by atoms with Crippen LogP contribution in [0.4, 0.5) is 5.82 Å².